The maximum atomic E-state index is 13.4. The zero-order valence-corrected chi connectivity index (χ0v) is 11.5. The summed E-state index contributed by atoms with van der Waals surface area (Å²) in [7, 11) is 0. The molecule has 2 saturated heterocycles. The summed E-state index contributed by atoms with van der Waals surface area (Å²) >= 11 is 0. The molecule has 2 heterocycles. The molecule has 3 atom stereocenters. The Balaban J connectivity index is 1.89. The molecule has 2 aliphatic rings. The first-order chi connectivity index (χ1) is 9.66. The van der Waals surface area contributed by atoms with Crippen molar-refractivity contribution < 1.29 is 13.9 Å². The van der Waals surface area contributed by atoms with E-state index >= 15 is 0 Å². The lowest BCUT2D eigenvalue weighted by molar-refractivity contribution is -0.135. The predicted molar refractivity (Wildman–Crippen MR) is 72.4 cm³/mol. The van der Waals surface area contributed by atoms with Crippen LogP contribution in [0.5, 0.6) is 0 Å². The van der Waals surface area contributed by atoms with E-state index in [0.717, 1.165) is 25.0 Å². The van der Waals surface area contributed by atoms with Crippen LogP contribution in [-0.4, -0.2) is 36.1 Å². The highest BCUT2D eigenvalue weighted by atomic mass is 19.1. The van der Waals surface area contributed by atoms with Crippen LogP contribution in [0.4, 0.5) is 4.39 Å². The largest absolute Gasteiger partial charge is 0.379 e. The molecule has 3 rings (SSSR count). The average Bonchev–Trinajstić information content (AvgIpc) is 2.76. The monoisotopic (exact) mass is 278 g/mol. The Morgan fingerprint density at radius 1 is 1.45 bits per heavy atom. The highest BCUT2D eigenvalue weighted by Gasteiger charge is 2.41. The molecule has 2 aliphatic heterocycles. The molecule has 0 aliphatic carbocycles. The minimum Gasteiger partial charge on any atom is -0.379 e. The van der Waals surface area contributed by atoms with Crippen molar-refractivity contribution in [3.63, 3.8) is 0 Å². The summed E-state index contributed by atoms with van der Waals surface area (Å²) < 4.78 is 18.9. The number of benzene rings is 1. The molecular formula is C15H19FN2O2. The van der Waals surface area contributed by atoms with Crippen molar-refractivity contribution in [2.75, 3.05) is 13.2 Å². The molecule has 0 bridgehead atoms. The molecular weight excluding hydrogens is 259 g/mol. The van der Waals surface area contributed by atoms with Gasteiger partial charge in [-0.1, -0.05) is 12.1 Å². The number of carbonyl (C=O) groups is 1. The van der Waals surface area contributed by atoms with Gasteiger partial charge in [0.2, 0.25) is 5.91 Å². The van der Waals surface area contributed by atoms with Crippen LogP contribution in [0.3, 0.4) is 0 Å². The SMILES string of the molecule is CC1NC(c2cccc(F)c2)N(C2CCCOC2)C1=O. The molecule has 3 unspecified atom stereocenters. The molecule has 1 aromatic carbocycles. The van der Waals surface area contributed by atoms with Gasteiger partial charge in [0.25, 0.3) is 0 Å². The number of nitrogens with one attached hydrogen (secondary N) is 1. The van der Waals surface area contributed by atoms with Gasteiger partial charge in [0.1, 0.15) is 12.0 Å². The highest BCUT2D eigenvalue weighted by Crippen LogP contribution is 2.30. The van der Waals surface area contributed by atoms with Gasteiger partial charge in [0.15, 0.2) is 0 Å². The van der Waals surface area contributed by atoms with Crippen LogP contribution in [0.25, 0.3) is 0 Å². The van der Waals surface area contributed by atoms with Gasteiger partial charge in [-0.3, -0.25) is 10.1 Å². The number of rotatable bonds is 2. The second-order valence-electron chi connectivity index (χ2n) is 5.46. The number of ether oxygens (including phenoxy) is 1. The van der Waals surface area contributed by atoms with E-state index in [0.29, 0.717) is 6.61 Å². The molecule has 108 valence electrons. The third-order valence-electron chi connectivity index (χ3n) is 4.01. The molecule has 20 heavy (non-hydrogen) atoms. The van der Waals surface area contributed by atoms with Gasteiger partial charge in [-0.05, 0) is 37.5 Å². The fourth-order valence-corrected chi connectivity index (χ4v) is 3.01. The van der Waals surface area contributed by atoms with E-state index < -0.39 is 0 Å². The lowest BCUT2D eigenvalue weighted by Gasteiger charge is -2.35. The maximum Gasteiger partial charge on any atom is 0.241 e. The summed E-state index contributed by atoms with van der Waals surface area (Å²) in [5.41, 5.74) is 0.785. The molecule has 1 amide bonds. The van der Waals surface area contributed by atoms with Crippen LogP contribution < -0.4 is 5.32 Å². The van der Waals surface area contributed by atoms with E-state index in [1.54, 1.807) is 6.07 Å². The van der Waals surface area contributed by atoms with Crippen molar-refractivity contribution in [2.24, 2.45) is 0 Å². The Kier molecular flexibility index (Phi) is 3.72. The van der Waals surface area contributed by atoms with Crippen molar-refractivity contribution in [3.05, 3.63) is 35.6 Å². The van der Waals surface area contributed by atoms with E-state index in [1.165, 1.54) is 12.1 Å². The Morgan fingerprint density at radius 3 is 3.00 bits per heavy atom. The van der Waals surface area contributed by atoms with Crippen LogP contribution >= 0.6 is 0 Å². The first kappa shape index (κ1) is 13.5. The Labute approximate surface area is 117 Å². The number of carbonyl (C=O) groups excluding carboxylic acids is 1. The number of nitrogens with zero attached hydrogens (tertiary/aromatic N) is 1. The predicted octanol–water partition coefficient (Wildman–Crippen LogP) is 1.82. The third-order valence-corrected chi connectivity index (χ3v) is 4.01. The second-order valence-corrected chi connectivity index (χ2v) is 5.46. The van der Waals surface area contributed by atoms with Crippen molar-refractivity contribution in [3.8, 4) is 0 Å². The summed E-state index contributed by atoms with van der Waals surface area (Å²) in [5.74, 6) is -0.217. The lowest BCUT2D eigenvalue weighted by atomic mass is 10.1. The number of hydrogen-bond donors (Lipinski definition) is 1. The van der Waals surface area contributed by atoms with E-state index in [4.69, 9.17) is 4.74 Å². The molecule has 1 aromatic rings. The van der Waals surface area contributed by atoms with Crippen LogP contribution in [0.15, 0.2) is 24.3 Å². The molecule has 0 spiro atoms. The first-order valence-corrected chi connectivity index (χ1v) is 7.08. The topological polar surface area (TPSA) is 41.6 Å². The molecule has 0 aromatic heterocycles. The lowest BCUT2D eigenvalue weighted by Crippen LogP contribution is -2.44. The molecule has 5 heteroatoms. The van der Waals surface area contributed by atoms with Crippen molar-refractivity contribution in [2.45, 2.75) is 38.0 Å². The second kappa shape index (κ2) is 5.50. The van der Waals surface area contributed by atoms with Crippen molar-refractivity contribution in [1.29, 1.82) is 0 Å². The first-order valence-electron chi connectivity index (χ1n) is 7.08. The van der Waals surface area contributed by atoms with Gasteiger partial charge in [-0.15, -0.1) is 0 Å². The van der Waals surface area contributed by atoms with Gasteiger partial charge < -0.3 is 9.64 Å². The summed E-state index contributed by atoms with van der Waals surface area (Å²) in [5, 5.41) is 3.25. The minimum atomic E-state index is -0.281. The van der Waals surface area contributed by atoms with Gasteiger partial charge in [0, 0.05) is 6.61 Å². The molecule has 0 radical (unpaired) electrons. The molecule has 1 N–H and O–H groups in total. The van der Waals surface area contributed by atoms with E-state index in [1.807, 2.05) is 17.9 Å². The minimum absolute atomic E-state index is 0.0646. The van der Waals surface area contributed by atoms with Crippen LogP contribution in [-0.2, 0) is 9.53 Å². The maximum absolute atomic E-state index is 13.4. The number of halogens is 1. The van der Waals surface area contributed by atoms with Gasteiger partial charge in [-0.25, -0.2) is 4.39 Å². The summed E-state index contributed by atoms with van der Waals surface area (Å²) in [6.45, 7) is 3.16. The molecule has 0 saturated carbocycles. The fourth-order valence-electron chi connectivity index (χ4n) is 3.01. The van der Waals surface area contributed by atoms with E-state index in [-0.39, 0.29) is 30.0 Å². The summed E-state index contributed by atoms with van der Waals surface area (Å²) in [6.07, 6.45) is 1.63. The van der Waals surface area contributed by atoms with Crippen LogP contribution in [0.2, 0.25) is 0 Å². The quantitative estimate of drug-likeness (QED) is 0.897. The van der Waals surface area contributed by atoms with E-state index in [2.05, 4.69) is 5.32 Å². The fraction of sp³-hybridized carbons (Fsp3) is 0.533. The molecule has 2 fully saturated rings. The van der Waals surface area contributed by atoms with Gasteiger partial charge >= 0.3 is 0 Å². The van der Waals surface area contributed by atoms with Gasteiger partial charge in [0.05, 0.1) is 18.7 Å². The molecule has 4 nitrogen and oxygen atoms in total. The van der Waals surface area contributed by atoms with Crippen LogP contribution in [0, 0.1) is 5.82 Å². The van der Waals surface area contributed by atoms with Gasteiger partial charge in [-0.2, -0.15) is 0 Å². The number of hydrogen-bond acceptors (Lipinski definition) is 3. The van der Waals surface area contributed by atoms with Crippen molar-refractivity contribution >= 4 is 5.91 Å². The smallest absolute Gasteiger partial charge is 0.241 e. The Bertz CT molecular complexity index is 502. The third kappa shape index (κ3) is 2.43. The van der Waals surface area contributed by atoms with Crippen molar-refractivity contribution in [1.82, 2.24) is 10.2 Å². The van der Waals surface area contributed by atoms with E-state index in [9.17, 15) is 9.18 Å². The van der Waals surface area contributed by atoms with Crippen LogP contribution in [0.1, 0.15) is 31.5 Å². The average molecular weight is 278 g/mol. The highest BCUT2D eigenvalue weighted by molar-refractivity contribution is 5.84. The Hall–Kier alpha value is -1.46. The Morgan fingerprint density at radius 2 is 2.30 bits per heavy atom. The summed E-state index contributed by atoms with van der Waals surface area (Å²) in [4.78, 5) is 14.2. The zero-order chi connectivity index (χ0) is 14.1. The summed E-state index contributed by atoms with van der Waals surface area (Å²) in [6, 6.07) is 6.25. The normalized spacial score (nSPS) is 30.8. The zero-order valence-electron chi connectivity index (χ0n) is 11.5. The number of amides is 1. The standard InChI is InChI=1S/C15H19FN2O2/c1-10-15(19)18(13-6-3-7-20-9-13)14(17-10)11-4-2-5-12(16)8-11/h2,4-5,8,10,13-14,17H,3,6-7,9H2,1H3.